The van der Waals surface area contributed by atoms with Crippen LogP contribution in [0.3, 0.4) is 0 Å². The number of carbonyl (C=O) groups excluding carboxylic acids is 1. The molecule has 1 saturated heterocycles. The van der Waals surface area contributed by atoms with Gasteiger partial charge in [-0.05, 0) is 39.9 Å². The Balaban J connectivity index is 2.28. The Morgan fingerprint density at radius 1 is 1.23 bits per heavy atom. The highest BCUT2D eigenvalue weighted by atomic mass is 32.2. The van der Waals surface area contributed by atoms with Crippen molar-refractivity contribution in [2.45, 2.75) is 38.9 Å². The van der Waals surface area contributed by atoms with Crippen LogP contribution in [0.25, 0.3) is 0 Å². The molecule has 30 heavy (non-hydrogen) atoms. The van der Waals surface area contributed by atoms with Crippen LogP contribution in [0.2, 0.25) is 0 Å². The Hall–Kier alpha value is -2.37. The van der Waals surface area contributed by atoms with Gasteiger partial charge in [0, 0.05) is 37.9 Å². The molecule has 0 N–H and O–H groups in total. The monoisotopic (exact) mass is 432 g/mol. The number of likely N-dealkylation sites (N-methyl/N-ethyl adjacent to an activating group) is 1. The van der Waals surface area contributed by atoms with Gasteiger partial charge in [0.2, 0.25) is 0 Å². The van der Waals surface area contributed by atoms with Gasteiger partial charge in [-0.2, -0.15) is 5.26 Å². The van der Waals surface area contributed by atoms with Gasteiger partial charge in [-0.3, -0.25) is 4.79 Å². The number of carbonyl (C=O) groups is 1. The molecule has 0 bridgehead atoms. The van der Waals surface area contributed by atoms with Crippen LogP contribution >= 0.6 is 0 Å². The quantitative estimate of drug-likeness (QED) is 0.438. The van der Waals surface area contributed by atoms with Gasteiger partial charge in [-0.15, -0.1) is 0 Å². The molecular weight excluding hydrogens is 400 g/mol. The van der Waals surface area contributed by atoms with E-state index in [4.69, 9.17) is 0 Å². The molecule has 8 heteroatoms. The molecule has 0 aromatic heterocycles. The molecule has 1 aromatic carbocycles. The molecule has 1 aromatic rings. The van der Waals surface area contributed by atoms with Crippen molar-refractivity contribution in [3.05, 3.63) is 47.7 Å². The van der Waals surface area contributed by atoms with Gasteiger partial charge in [0.1, 0.15) is 11.6 Å². The molecule has 1 heterocycles. The summed E-state index contributed by atoms with van der Waals surface area (Å²) in [5, 5.41) is 9.74. The van der Waals surface area contributed by atoms with Crippen LogP contribution in [0.1, 0.15) is 25.8 Å². The van der Waals surface area contributed by atoms with E-state index < -0.39 is 9.84 Å². The van der Waals surface area contributed by atoms with E-state index in [0.717, 1.165) is 5.56 Å². The van der Waals surface area contributed by atoms with Crippen molar-refractivity contribution in [2.75, 3.05) is 38.7 Å². The van der Waals surface area contributed by atoms with E-state index >= 15 is 0 Å². The second kappa shape index (κ2) is 10.6. The third kappa shape index (κ3) is 6.85. The molecule has 1 atom stereocenters. The van der Waals surface area contributed by atoms with Crippen molar-refractivity contribution in [1.29, 1.82) is 5.26 Å². The summed E-state index contributed by atoms with van der Waals surface area (Å²) < 4.78 is 24.0. The molecule has 164 valence electrons. The van der Waals surface area contributed by atoms with Crippen LogP contribution in [0.4, 0.5) is 0 Å². The van der Waals surface area contributed by atoms with E-state index in [1.807, 2.05) is 68.1 Å². The van der Waals surface area contributed by atoms with E-state index in [9.17, 15) is 18.5 Å². The summed E-state index contributed by atoms with van der Waals surface area (Å²) in [7, 11) is 0.794. The number of nitriles is 1. The molecule has 1 fully saturated rings. The second-order valence-electron chi connectivity index (χ2n) is 8.26. The number of hydrogen-bond acceptors (Lipinski definition) is 6. The topological polar surface area (TPSA) is 84.7 Å². The van der Waals surface area contributed by atoms with Gasteiger partial charge in [-0.25, -0.2) is 8.42 Å². The lowest BCUT2D eigenvalue weighted by Gasteiger charge is -2.30. The molecule has 0 aliphatic carbocycles. The Labute approximate surface area is 180 Å². The van der Waals surface area contributed by atoms with Gasteiger partial charge in [0.05, 0.1) is 11.5 Å². The maximum atomic E-state index is 13.2. The molecule has 1 aliphatic rings. The van der Waals surface area contributed by atoms with E-state index in [0.29, 0.717) is 26.1 Å². The molecular formula is C22H32N4O3S. The maximum Gasteiger partial charge on any atom is 0.266 e. The number of amides is 1. The molecule has 2 rings (SSSR count). The van der Waals surface area contributed by atoms with Crippen LogP contribution in [-0.2, 0) is 21.2 Å². The summed E-state index contributed by atoms with van der Waals surface area (Å²) >= 11 is 0. The summed E-state index contributed by atoms with van der Waals surface area (Å²) in [5.41, 5.74) is 1.02. The molecule has 0 spiro atoms. The van der Waals surface area contributed by atoms with Crippen LogP contribution in [-0.4, -0.2) is 79.8 Å². The maximum absolute atomic E-state index is 13.2. The fraction of sp³-hybridized carbons (Fsp3) is 0.545. The van der Waals surface area contributed by atoms with Crippen molar-refractivity contribution < 1.29 is 13.2 Å². The highest BCUT2D eigenvalue weighted by molar-refractivity contribution is 7.91. The second-order valence-corrected chi connectivity index (χ2v) is 10.5. The Bertz CT molecular complexity index is 889. The Morgan fingerprint density at radius 3 is 2.40 bits per heavy atom. The molecule has 0 saturated carbocycles. The molecule has 1 amide bonds. The molecule has 7 nitrogen and oxygen atoms in total. The van der Waals surface area contributed by atoms with E-state index in [-0.39, 0.29) is 35.1 Å². The van der Waals surface area contributed by atoms with Gasteiger partial charge >= 0.3 is 0 Å². The average molecular weight is 433 g/mol. The van der Waals surface area contributed by atoms with Crippen molar-refractivity contribution in [2.24, 2.45) is 0 Å². The van der Waals surface area contributed by atoms with Crippen LogP contribution < -0.4 is 0 Å². The molecule has 1 unspecified atom stereocenters. The van der Waals surface area contributed by atoms with Crippen LogP contribution in [0.15, 0.2) is 42.1 Å². The lowest BCUT2D eigenvalue weighted by atomic mass is 10.1. The zero-order valence-corrected chi connectivity index (χ0v) is 19.1. The zero-order valence-electron chi connectivity index (χ0n) is 18.3. The predicted octanol–water partition coefficient (Wildman–Crippen LogP) is 1.88. The van der Waals surface area contributed by atoms with E-state index in [1.54, 1.807) is 11.1 Å². The minimum atomic E-state index is -3.08. The highest BCUT2D eigenvalue weighted by Gasteiger charge is 2.32. The number of sulfone groups is 1. The van der Waals surface area contributed by atoms with Crippen LogP contribution in [0.5, 0.6) is 0 Å². The first-order valence-corrected chi connectivity index (χ1v) is 12.0. The predicted molar refractivity (Wildman–Crippen MR) is 118 cm³/mol. The summed E-state index contributed by atoms with van der Waals surface area (Å²) in [6, 6.07) is 11.4. The van der Waals surface area contributed by atoms with E-state index in [1.165, 1.54) is 0 Å². The van der Waals surface area contributed by atoms with E-state index in [2.05, 4.69) is 6.07 Å². The fourth-order valence-electron chi connectivity index (χ4n) is 3.43. The van der Waals surface area contributed by atoms with Gasteiger partial charge in [-0.1, -0.05) is 30.3 Å². The fourth-order valence-corrected chi connectivity index (χ4v) is 5.17. The van der Waals surface area contributed by atoms with Gasteiger partial charge in [0.25, 0.3) is 5.91 Å². The number of rotatable bonds is 9. The van der Waals surface area contributed by atoms with Crippen molar-refractivity contribution in [3.63, 3.8) is 0 Å². The smallest absolute Gasteiger partial charge is 0.266 e. The molecule has 1 aliphatic heterocycles. The number of nitrogens with zero attached hydrogens (tertiary/aromatic N) is 4. The van der Waals surface area contributed by atoms with Crippen LogP contribution in [0, 0.1) is 11.3 Å². The SMILES string of the molecule is CC(C)N(Cc1ccccc1)C(=O)/C(C#N)=C\N(CCN(C)C)C1CCS(=O)(=O)C1. The normalized spacial score (nSPS) is 18.4. The molecule has 0 radical (unpaired) electrons. The van der Waals surface area contributed by atoms with Crippen molar-refractivity contribution >= 4 is 15.7 Å². The summed E-state index contributed by atoms with van der Waals surface area (Å²) in [6.07, 6.45) is 2.08. The first-order valence-electron chi connectivity index (χ1n) is 10.2. The summed E-state index contributed by atoms with van der Waals surface area (Å²) in [6.45, 7) is 5.49. The zero-order chi connectivity index (χ0) is 22.3. The summed E-state index contributed by atoms with van der Waals surface area (Å²) in [5.74, 6) is -0.139. The lowest BCUT2D eigenvalue weighted by Crippen LogP contribution is -2.40. The first-order chi connectivity index (χ1) is 14.1. The van der Waals surface area contributed by atoms with Crippen molar-refractivity contribution in [3.8, 4) is 6.07 Å². The lowest BCUT2D eigenvalue weighted by molar-refractivity contribution is -0.129. The van der Waals surface area contributed by atoms with Gasteiger partial charge < -0.3 is 14.7 Å². The standard InChI is InChI=1S/C22H32N4O3S/c1-18(2)26(15-19-8-6-5-7-9-19)22(27)20(14-23)16-25(12-11-24(3)4)21-10-13-30(28,29)17-21/h5-9,16,18,21H,10-13,15,17H2,1-4H3/b20-16-. The van der Waals surface area contributed by atoms with Crippen molar-refractivity contribution in [1.82, 2.24) is 14.7 Å². The largest absolute Gasteiger partial charge is 0.371 e. The number of benzene rings is 1. The third-order valence-electron chi connectivity index (χ3n) is 5.21. The van der Waals surface area contributed by atoms with Gasteiger partial charge in [0.15, 0.2) is 9.84 Å². The average Bonchev–Trinajstić information content (AvgIpc) is 3.06. The minimum Gasteiger partial charge on any atom is -0.371 e. The Morgan fingerprint density at radius 2 is 1.90 bits per heavy atom. The first kappa shape index (κ1) is 23.9. The number of hydrogen-bond donors (Lipinski definition) is 0. The summed E-state index contributed by atoms with van der Waals surface area (Å²) in [4.78, 5) is 18.7. The minimum absolute atomic E-state index is 0.0303. The third-order valence-corrected chi connectivity index (χ3v) is 6.96. The Kier molecular flexibility index (Phi) is 8.44. The highest BCUT2D eigenvalue weighted by Crippen LogP contribution is 2.20.